The molecular formula is C12H12ClNS. The minimum atomic E-state index is -0.113. The quantitative estimate of drug-likeness (QED) is 0.846. The van der Waals surface area contributed by atoms with Gasteiger partial charge in [-0.15, -0.1) is 11.3 Å². The summed E-state index contributed by atoms with van der Waals surface area (Å²) in [6.45, 7) is 2.06. The van der Waals surface area contributed by atoms with E-state index >= 15 is 0 Å². The van der Waals surface area contributed by atoms with Crippen LogP contribution in [-0.2, 0) is 0 Å². The second-order valence-corrected chi connectivity index (χ2v) is 4.88. The summed E-state index contributed by atoms with van der Waals surface area (Å²) in [7, 11) is 0. The molecule has 15 heavy (non-hydrogen) atoms. The Morgan fingerprint density at radius 2 is 1.87 bits per heavy atom. The van der Waals surface area contributed by atoms with Crippen molar-refractivity contribution in [2.24, 2.45) is 5.73 Å². The van der Waals surface area contributed by atoms with Crippen molar-refractivity contribution >= 4 is 22.9 Å². The van der Waals surface area contributed by atoms with Gasteiger partial charge in [0.2, 0.25) is 0 Å². The van der Waals surface area contributed by atoms with E-state index in [4.69, 9.17) is 17.3 Å². The number of aryl methyl sites for hydroxylation is 1. The number of rotatable bonds is 2. The normalized spacial score (nSPS) is 12.7. The maximum Gasteiger partial charge on any atom is 0.0661 e. The largest absolute Gasteiger partial charge is 0.320 e. The summed E-state index contributed by atoms with van der Waals surface area (Å²) < 4.78 is 0. The second-order valence-electron chi connectivity index (χ2n) is 3.52. The van der Waals surface area contributed by atoms with Crippen LogP contribution < -0.4 is 5.73 Å². The summed E-state index contributed by atoms with van der Waals surface area (Å²) in [5, 5.41) is 2.72. The smallest absolute Gasteiger partial charge is 0.0661 e. The minimum Gasteiger partial charge on any atom is -0.320 e. The standard InChI is InChI=1S/C12H12ClNS/c1-8-2-4-9(5-3-8)11(14)12-10(13)6-7-15-12/h2-7,11H,14H2,1H3. The highest BCUT2D eigenvalue weighted by atomic mass is 35.5. The molecule has 1 nitrogen and oxygen atoms in total. The Morgan fingerprint density at radius 3 is 2.40 bits per heavy atom. The second kappa shape index (κ2) is 4.35. The van der Waals surface area contributed by atoms with Crippen LogP contribution in [0, 0.1) is 6.92 Å². The molecule has 0 amide bonds. The first kappa shape index (κ1) is 10.7. The molecule has 3 heteroatoms. The van der Waals surface area contributed by atoms with Crippen LogP contribution in [0.1, 0.15) is 22.0 Å². The van der Waals surface area contributed by atoms with Crippen LogP contribution in [0.5, 0.6) is 0 Å². The third-order valence-corrected chi connectivity index (χ3v) is 3.81. The fourth-order valence-corrected chi connectivity index (χ4v) is 2.66. The molecule has 1 heterocycles. The maximum absolute atomic E-state index is 6.14. The van der Waals surface area contributed by atoms with Crippen molar-refractivity contribution in [2.75, 3.05) is 0 Å². The van der Waals surface area contributed by atoms with E-state index in [9.17, 15) is 0 Å². The topological polar surface area (TPSA) is 26.0 Å². The molecule has 1 unspecified atom stereocenters. The first-order valence-electron chi connectivity index (χ1n) is 4.73. The lowest BCUT2D eigenvalue weighted by Crippen LogP contribution is -2.10. The predicted octanol–water partition coefficient (Wildman–Crippen LogP) is 3.76. The summed E-state index contributed by atoms with van der Waals surface area (Å²) >= 11 is 7.65. The Bertz CT molecular complexity index is 447. The molecule has 0 saturated carbocycles. The van der Waals surface area contributed by atoms with Gasteiger partial charge in [0.1, 0.15) is 0 Å². The number of hydrogen-bond donors (Lipinski definition) is 1. The molecule has 2 rings (SSSR count). The minimum absolute atomic E-state index is 0.113. The lowest BCUT2D eigenvalue weighted by atomic mass is 10.0. The van der Waals surface area contributed by atoms with Crippen LogP contribution in [0.2, 0.25) is 5.02 Å². The molecule has 2 N–H and O–H groups in total. The summed E-state index contributed by atoms with van der Waals surface area (Å²) in [5.74, 6) is 0. The molecule has 0 aliphatic heterocycles. The van der Waals surface area contributed by atoms with E-state index in [1.165, 1.54) is 5.56 Å². The third-order valence-electron chi connectivity index (χ3n) is 2.36. The van der Waals surface area contributed by atoms with Gasteiger partial charge in [0.15, 0.2) is 0 Å². The van der Waals surface area contributed by atoms with Crippen LogP contribution in [0.25, 0.3) is 0 Å². The summed E-state index contributed by atoms with van der Waals surface area (Å²) in [6, 6.07) is 10.0. The zero-order chi connectivity index (χ0) is 10.8. The highest BCUT2D eigenvalue weighted by Gasteiger charge is 2.13. The SMILES string of the molecule is Cc1ccc(C(N)c2sccc2Cl)cc1. The van der Waals surface area contributed by atoms with Gasteiger partial charge in [0.05, 0.1) is 11.1 Å². The fraction of sp³-hybridized carbons (Fsp3) is 0.167. The summed E-state index contributed by atoms with van der Waals surface area (Å²) in [6.07, 6.45) is 0. The molecule has 0 spiro atoms. The number of thiophene rings is 1. The van der Waals surface area contributed by atoms with Crippen molar-refractivity contribution in [1.29, 1.82) is 0 Å². The van der Waals surface area contributed by atoms with Crippen LogP contribution in [0.15, 0.2) is 35.7 Å². The Balaban J connectivity index is 2.32. The third kappa shape index (κ3) is 2.23. The molecule has 1 atom stereocenters. The first-order valence-corrected chi connectivity index (χ1v) is 5.99. The highest BCUT2D eigenvalue weighted by Crippen LogP contribution is 2.31. The zero-order valence-electron chi connectivity index (χ0n) is 8.41. The molecular weight excluding hydrogens is 226 g/mol. The van der Waals surface area contributed by atoms with Crippen LogP contribution in [-0.4, -0.2) is 0 Å². The lowest BCUT2D eigenvalue weighted by Gasteiger charge is -2.10. The van der Waals surface area contributed by atoms with Crippen molar-refractivity contribution < 1.29 is 0 Å². The molecule has 0 saturated heterocycles. The Hall–Kier alpha value is -0.830. The van der Waals surface area contributed by atoms with E-state index in [1.54, 1.807) is 11.3 Å². The van der Waals surface area contributed by atoms with Crippen molar-refractivity contribution in [3.63, 3.8) is 0 Å². The molecule has 1 aromatic carbocycles. The van der Waals surface area contributed by atoms with Crippen molar-refractivity contribution in [2.45, 2.75) is 13.0 Å². The number of halogens is 1. The Morgan fingerprint density at radius 1 is 1.20 bits per heavy atom. The fourth-order valence-electron chi connectivity index (χ4n) is 1.45. The van der Waals surface area contributed by atoms with Gasteiger partial charge >= 0.3 is 0 Å². The molecule has 0 aliphatic rings. The summed E-state index contributed by atoms with van der Waals surface area (Å²) in [5.41, 5.74) is 8.48. The monoisotopic (exact) mass is 237 g/mol. The van der Waals surface area contributed by atoms with Crippen molar-refractivity contribution in [1.82, 2.24) is 0 Å². The van der Waals surface area contributed by atoms with E-state index in [0.29, 0.717) is 0 Å². The Labute approximate surface area is 98.5 Å². The number of benzene rings is 1. The predicted molar refractivity (Wildman–Crippen MR) is 66.5 cm³/mol. The van der Waals surface area contributed by atoms with E-state index in [1.807, 2.05) is 11.4 Å². The molecule has 0 aliphatic carbocycles. The van der Waals surface area contributed by atoms with Crippen molar-refractivity contribution in [3.05, 3.63) is 56.7 Å². The van der Waals surface area contributed by atoms with Gasteiger partial charge in [0, 0.05) is 4.88 Å². The summed E-state index contributed by atoms with van der Waals surface area (Å²) in [4.78, 5) is 1.03. The maximum atomic E-state index is 6.14. The number of nitrogens with two attached hydrogens (primary N) is 1. The molecule has 78 valence electrons. The van der Waals surface area contributed by atoms with Crippen LogP contribution >= 0.6 is 22.9 Å². The molecule has 1 aromatic heterocycles. The van der Waals surface area contributed by atoms with Crippen molar-refractivity contribution in [3.8, 4) is 0 Å². The molecule has 2 aromatic rings. The van der Waals surface area contributed by atoms with Crippen LogP contribution in [0.3, 0.4) is 0 Å². The average Bonchev–Trinajstić information content (AvgIpc) is 2.65. The highest BCUT2D eigenvalue weighted by molar-refractivity contribution is 7.10. The van der Waals surface area contributed by atoms with E-state index in [2.05, 4.69) is 31.2 Å². The molecule has 0 radical (unpaired) electrons. The van der Waals surface area contributed by atoms with E-state index in [0.717, 1.165) is 15.5 Å². The average molecular weight is 238 g/mol. The van der Waals surface area contributed by atoms with E-state index in [-0.39, 0.29) is 6.04 Å². The number of hydrogen-bond acceptors (Lipinski definition) is 2. The van der Waals surface area contributed by atoms with Gasteiger partial charge < -0.3 is 5.73 Å². The molecule has 0 fully saturated rings. The first-order chi connectivity index (χ1) is 7.18. The van der Waals surface area contributed by atoms with Gasteiger partial charge in [-0.25, -0.2) is 0 Å². The van der Waals surface area contributed by atoms with Gasteiger partial charge in [-0.2, -0.15) is 0 Å². The van der Waals surface area contributed by atoms with E-state index < -0.39 is 0 Å². The molecule has 0 bridgehead atoms. The Kier molecular flexibility index (Phi) is 3.10. The van der Waals surface area contributed by atoms with Gasteiger partial charge in [-0.3, -0.25) is 0 Å². The lowest BCUT2D eigenvalue weighted by molar-refractivity contribution is 0.893. The van der Waals surface area contributed by atoms with Crippen LogP contribution in [0.4, 0.5) is 0 Å². The van der Waals surface area contributed by atoms with Gasteiger partial charge in [0.25, 0.3) is 0 Å². The van der Waals surface area contributed by atoms with Gasteiger partial charge in [-0.1, -0.05) is 41.4 Å². The van der Waals surface area contributed by atoms with Gasteiger partial charge in [-0.05, 0) is 23.9 Å². The zero-order valence-corrected chi connectivity index (χ0v) is 9.98.